The molecule has 2 aromatic heterocycles. The number of nitriles is 1. The zero-order chi connectivity index (χ0) is 31.3. The SMILES string of the molecule is Cc1cc(/C=C/C#N)cc(C)c1Oc1nc(NC2CCN(Cc3ccc(S(N)(=O)=O)cc3)CC2)ncc1-c1ccc(N)nc1. The fourth-order valence-electron chi connectivity index (χ4n) is 5.21. The molecule has 0 bridgehead atoms. The minimum Gasteiger partial charge on any atom is -0.438 e. The minimum atomic E-state index is -3.70. The number of benzene rings is 2. The Hall–Kier alpha value is -4.83. The summed E-state index contributed by atoms with van der Waals surface area (Å²) in [5.74, 6) is 1.95. The van der Waals surface area contributed by atoms with Crippen molar-refractivity contribution in [2.24, 2.45) is 5.14 Å². The number of nitrogen functional groups attached to an aromatic ring is 1. The van der Waals surface area contributed by atoms with Gasteiger partial charge >= 0.3 is 0 Å². The standard InChI is InChI=1S/C32H34N8O3S/c1-21-16-24(4-3-13-33)17-22(2)30(21)43-31-28(25-7-10-29(34)36-18-25)19-37-32(39-31)38-26-11-14-40(15-12-26)20-23-5-8-27(9-6-23)44(35,41)42/h3-10,16-19,26H,11-12,14-15,20H2,1-2H3,(H2,34,36)(H2,35,41,42)(H,37,38,39)/b4-3+. The first-order valence-corrected chi connectivity index (χ1v) is 15.7. The van der Waals surface area contributed by atoms with E-state index in [-0.39, 0.29) is 10.9 Å². The molecule has 1 aliphatic heterocycles. The van der Waals surface area contributed by atoms with Crippen molar-refractivity contribution in [1.29, 1.82) is 5.26 Å². The lowest BCUT2D eigenvalue weighted by Crippen LogP contribution is -2.39. The van der Waals surface area contributed by atoms with Crippen LogP contribution in [0.25, 0.3) is 17.2 Å². The molecule has 3 heterocycles. The molecule has 5 N–H and O–H groups in total. The highest BCUT2D eigenvalue weighted by Crippen LogP contribution is 2.36. The molecule has 12 heteroatoms. The van der Waals surface area contributed by atoms with Crippen molar-refractivity contribution in [2.75, 3.05) is 24.1 Å². The highest BCUT2D eigenvalue weighted by molar-refractivity contribution is 7.89. The maximum Gasteiger partial charge on any atom is 0.238 e. The Morgan fingerprint density at radius 3 is 2.39 bits per heavy atom. The van der Waals surface area contributed by atoms with Gasteiger partial charge in [0.05, 0.1) is 16.5 Å². The molecular weight excluding hydrogens is 576 g/mol. The summed E-state index contributed by atoms with van der Waals surface area (Å²) in [5.41, 5.74) is 11.0. The zero-order valence-corrected chi connectivity index (χ0v) is 25.4. The molecule has 0 amide bonds. The van der Waals surface area contributed by atoms with E-state index in [1.807, 2.05) is 38.1 Å². The third kappa shape index (κ3) is 7.57. The van der Waals surface area contributed by atoms with Gasteiger partial charge in [-0.25, -0.2) is 23.5 Å². The second-order valence-corrected chi connectivity index (χ2v) is 12.4. The van der Waals surface area contributed by atoms with Crippen molar-refractivity contribution in [3.05, 3.63) is 89.3 Å². The summed E-state index contributed by atoms with van der Waals surface area (Å²) in [5, 5.41) is 17.6. The van der Waals surface area contributed by atoms with Gasteiger partial charge in [-0.3, -0.25) is 4.90 Å². The Morgan fingerprint density at radius 1 is 1.07 bits per heavy atom. The van der Waals surface area contributed by atoms with Crippen LogP contribution in [0.15, 0.2) is 71.9 Å². The van der Waals surface area contributed by atoms with Crippen LogP contribution in [0, 0.1) is 25.2 Å². The lowest BCUT2D eigenvalue weighted by molar-refractivity contribution is 0.211. The van der Waals surface area contributed by atoms with Crippen molar-refractivity contribution < 1.29 is 13.2 Å². The van der Waals surface area contributed by atoms with Crippen LogP contribution in [0.1, 0.15) is 35.1 Å². The molecule has 0 radical (unpaired) electrons. The van der Waals surface area contributed by atoms with Gasteiger partial charge in [0.15, 0.2) is 0 Å². The zero-order valence-electron chi connectivity index (χ0n) is 24.6. The summed E-state index contributed by atoms with van der Waals surface area (Å²) in [4.78, 5) is 16.1. The van der Waals surface area contributed by atoms with Gasteiger partial charge in [-0.1, -0.05) is 12.1 Å². The summed E-state index contributed by atoms with van der Waals surface area (Å²) in [6, 6.07) is 16.4. The number of allylic oxidation sites excluding steroid dienone is 1. The molecule has 1 fully saturated rings. The lowest BCUT2D eigenvalue weighted by Gasteiger charge is -2.32. The van der Waals surface area contributed by atoms with Crippen LogP contribution in [-0.2, 0) is 16.6 Å². The van der Waals surface area contributed by atoms with E-state index < -0.39 is 10.0 Å². The number of primary sulfonamides is 1. The third-order valence-electron chi connectivity index (χ3n) is 7.46. The van der Waals surface area contributed by atoms with Gasteiger partial charge in [0.25, 0.3) is 0 Å². The molecule has 4 aromatic rings. The molecule has 0 spiro atoms. The number of likely N-dealkylation sites (tertiary alicyclic amines) is 1. The number of hydrogen-bond donors (Lipinski definition) is 3. The van der Waals surface area contributed by atoms with Gasteiger partial charge in [0.1, 0.15) is 11.6 Å². The van der Waals surface area contributed by atoms with Crippen LogP contribution < -0.4 is 20.9 Å². The topological polar surface area (TPSA) is 173 Å². The van der Waals surface area contributed by atoms with E-state index in [4.69, 9.17) is 25.9 Å². The monoisotopic (exact) mass is 610 g/mol. The maximum atomic E-state index is 11.5. The van der Waals surface area contributed by atoms with E-state index in [0.717, 1.165) is 60.3 Å². The highest BCUT2D eigenvalue weighted by atomic mass is 32.2. The van der Waals surface area contributed by atoms with Crippen molar-refractivity contribution in [1.82, 2.24) is 19.9 Å². The number of sulfonamides is 1. The first-order chi connectivity index (χ1) is 21.1. The molecule has 0 unspecified atom stereocenters. The molecule has 0 saturated carbocycles. The smallest absolute Gasteiger partial charge is 0.238 e. The van der Waals surface area contributed by atoms with Crippen LogP contribution in [-0.4, -0.2) is 47.4 Å². The van der Waals surface area contributed by atoms with Gasteiger partial charge in [-0.15, -0.1) is 0 Å². The summed E-state index contributed by atoms with van der Waals surface area (Å²) in [6.45, 7) is 6.36. The summed E-state index contributed by atoms with van der Waals surface area (Å²) in [6.07, 6.45) is 8.37. The maximum absolute atomic E-state index is 11.5. The first kappa shape index (κ1) is 30.6. The predicted molar refractivity (Wildman–Crippen MR) is 170 cm³/mol. The molecule has 44 heavy (non-hydrogen) atoms. The number of hydrogen-bond acceptors (Lipinski definition) is 10. The quantitative estimate of drug-likeness (QED) is 0.224. The van der Waals surface area contributed by atoms with E-state index in [1.54, 1.807) is 48.8 Å². The number of nitrogens with zero attached hydrogens (tertiary/aromatic N) is 5. The Balaban J connectivity index is 1.31. The van der Waals surface area contributed by atoms with E-state index in [2.05, 4.69) is 20.2 Å². The minimum absolute atomic E-state index is 0.112. The van der Waals surface area contributed by atoms with Crippen LogP contribution >= 0.6 is 0 Å². The number of anilines is 2. The number of aryl methyl sites for hydroxylation is 2. The van der Waals surface area contributed by atoms with E-state index in [0.29, 0.717) is 29.0 Å². The normalized spacial score (nSPS) is 14.4. The van der Waals surface area contributed by atoms with Crippen LogP contribution in [0.2, 0.25) is 0 Å². The fourth-order valence-corrected chi connectivity index (χ4v) is 5.72. The molecule has 226 valence electrons. The Labute approximate surface area is 257 Å². The third-order valence-corrected chi connectivity index (χ3v) is 8.39. The highest BCUT2D eigenvalue weighted by Gasteiger charge is 2.22. The number of nitrogens with two attached hydrogens (primary N) is 2. The number of aromatic nitrogens is 3. The van der Waals surface area contributed by atoms with E-state index in [9.17, 15) is 8.42 Å². The van der Waals surface area contributed by atoms with Gasteiger partial charge < -0.3 is 15.8 Å². The van der Waals surface area contributed by atoms with Crippen molar-refractivity contribution in [2.45, 2.75) is 44.2 Å². The average Bonchev–Trinajstić information content (AvgIpc) is 2.99. The molecule has 2 aromatic carbocycles. The number of rotatable bonds is 9. The predicted octanol–water partition coefficient (Wildman–Crippen LogP) is 4.79. The summed E-state index contributed by atoms with van der Waals surface area (Å²) < 4.78 is 29.5. The Bertz CT molecular complexity index is 1790. The number of piperidine rings is 1. The average molecular weight is 611 g/mol. The number of pyridine rings is 1. The summed E-state index contributed by atoms with van der Waals surface area (Å²) >= 11 is 0. The van der Waals surface area contributed by atoms with Gasteiger partial charge in [0.2, 0.25) is 21.9 Å². The first-order valence-electron chi connectivity index (χ1n) is 14.1. The number of nitrogens with one attached hydrogen (secondary N) is 1. The molecule has 11 nitrogen and oxygen atoms in total. The summed E-state index contributed by atoms with van der Waals surface area (Å²) in [7, 11) is -3.70. The van der Waals surface area contributed by atoms with Crippen LogP contribution in [0.3, 0.4) is 0 Å². The largest absolute Gasteiger partial charge is 0.438 e. The second-order valence-electron chi connectivity index (χ2n) is 10.8. The second kappa shape index (κ2) is 13.2. The Morgan fingerprint density at radius 2 is 1.77 bits per heavy atom. The van der Waals surface area contributed by atoms with Crippen molar-refractivity contribution >= 4 is 27.9 Å². The van der Waals surface area contributed by atoms with Crippen molar-refractivity contribution in [3.8, 4) is 28.8 Å². The van der Waals surface area contributed by atoms with Crippen LogP contribution in [0.5, 0.6) is 11.6 Å². The molecular formula is C32H34N8O3S. The number of ether oxygens (including phenoxy) is 1. The van der Waals surface area contributed by atoms with E-state index >= 15 is 0 Å². The Kier molecular flexibility index (Phi) is 9.20. The van der Waals surface area contributed by atoms with Crippen molar-refractivity contribution in [3.63, 3.8) is 0 Å². The van der Waals surface area contributed by atoms with Crippen LogP contribution in [0.4, 0.5) is 11.8 Å². The molecule has 1 saturated heterocycles. The van der Waals surface area contributed by atoms with Gasteiger partial charge in [-0.2, -0.15) is 10.2 Å². The molecule has 5 rings (SSSR count). The van der Waals surface area contributed by atoms with Gasteiger partial charge in [0, 0.05) is 49.7 Å². The molecule has 0 atom stereocenters. The molecule has 0 aliphatic carbocycles. The van der Waals surface area contributed by atoms with E-state index in [1.165, 1.54) is 6.08 Å². The fraction of sp³-hybridized carbons (Fsp3) is 0.250. The lowest BCUT2D eigenvalue weighted by atomic mass is 10.0. The van der Waals surface area contributed by atoms with Gasteiger partial charge in [-0.05, 0) is 91.4 Å². The molecule has 1 aliphatic rings.